The Morgan fingerprint density at radius 1 is 1.19 bits per heavy atom. The molecule has 5 nitrogen and oxygen atoms in total. The predicted octanol–water partition coefficient (Wildman–Crippen LogP) is 0.574. The first-order valence-corrected chi connectivity index (χ1v) is 7.48. The smallest absolute Gasteiger partial charge is 0.220 e. The normalized spacial score (nSPS) is 11.8. The third kappa shape index (κ3) is 6.79. The van der Waals surface area contributed by atoms with E-state index in [-0.39, 0.29) is 5.91 Å². The van der Waals surface area contributed by atoms with Gasteiger partial charge in [0.05, 0.1) is 6.26 Å². The topological polar surface area (TPSA) is 66.5 Å². The Balaban J connectivity index is 4.00. The maximum Gasteiger partial charge on any atom is 0.220 e. The van der Waals surface area contributed by atoms with Crippen LogP contribution in [0.5, 0.6) is 0 Å². The molecule has 0 aliphatic carbocycles. The van der Waals surface area contributed by atoms with Crippen LogP contribution in [0.3, 0.4) is 0 Å². The number of rotatable bonds is 8. The van der Waals surface area contributed by atoms with Gasteiger partial charge in [0.25, 0.3) is 0 Å². The Hall–Kier alpha value is -0.620. The van der Waals surface area contributed by atoms with E-state index in [9.17, 15) is 13.2 Å². The average molecular weight is 250 g/mol. The van der Waals surface area contributed by atoms with Crippen molar-refractivity contribution in [2.24, 2.45) is 0 Å². The molecule has 1 amide bonds. The quantitative estimate of drug-likeness (QED) is 0.685. The summed E-state index contributed by atoms with van der Waals surface area (Å²) in [6, 6.07) is 0. The average Bonchev–Trinajstić information content (AvgIpc) is 2.15. The third-order valence-corrected chi connectivity index (χ3v) is 3.41. The lowest BCUT2D eigenvalue weighted by Crippen LogP contribution is -2.38. The summed E-state index contributed by atoms with van der Waals surface area (Å²) in [5.74, 6) is -0.0209. The second-order valence-electron chi connectivity index (χ2n) is 3.76. The summed E-state index contributed by atoms with van der Waals surface area (Å²) in [7, 11) is -3.16. The zero-order valence-corrected chi connectivity index (χ0v) is 11.1. The summed E-state index contributed by atoms with van der Waals surface area (Å²) in [6.07, 6.45) is 3.26. The fraction of sp³-hybridized carbons (Fsp3) is 0.900. The van der Waals surface area contributed by atoms with Gasteiger partial charge >= 0.3 is 0 Å². The number of nitrogens with zero attached hydrogens (tertiary/aromatic N) is 1. The Morgan fingerprint density at radius 3 is 2.25 bits per heavy atom. The summed E-state index contributed by atoms with van der Waals surface area (Å²) in [6.45, 7) is 5.09. The van der Waals surface area contributed by atoms with Gasteiger partial charge in [-0.3, -0.25) is 4.79 Å². The Labute approximate surface area is 98.3 Å². The largest absolute Gasteiger partial charge is 0.355 e. The molecule has 96 valence electrons. The second kappa shape index (κ2) is 7.62. The molecule has 0 fully saturated rings. The molecule has 0 spiro atoms. The van der Waals surface area contributed by atoms with Crippen LogP contribution in [0.25, 0.3) is 0 Å². The number of hydrogen-bond acceptors (Lipinski definition) is 3. The molecule has 1 N–H and O–H groups in total. The van der Waals surface area contributed by atoms with E-state index >= 15 is 0 Å². The molecule has 0 rings (SSSR count). The fourth-order valence-electron chi connectivity index (χ4n) is 1.33. The minimum atomic E-state index is -3.16. The Kier molecular flexibility index (Phi) is 7.33. The van der Waals surface area contributed by atoms with Crippen molar-refractivity contribution < 1.29 is 13.2 Å². The summed E-state index contributed by atoms with van der Waals surface area (Å²) < 4.78 is 24.1. The summed E-state index contributed by atoms with van der Waals surface area (Å²) in [4.78, 5) is 11.2. The highest BCUT2D eigenvalue weighted by Crippen LogP contribution is 1.98. The van der Waals surface area contributed by atoms with Gasteiger partial charge in [-0.15, -0.1) is 0 Å². The molecule has 6 heteroatoms. The van der Waals surface area contributed by atoms with Gasteiger partial charge in [-0.05, 0) is 12.8 Å². The first-order valence-electron chi connectivity index (χ1n) is 5.63. The van der Waals surface area contributed by atoms with Gasteiger partial charge in [0.2, 0.25) is 15.9 Å². The number of carbonyl (C=O) groups is 1. The number of nitrogens with one attached hydrogen (secondary N) is 1. The lowest BCUT2D eigenvalue weighted by molar-refractivity contribution is -0.121. The van der Waals surface area contributed by atoms with Crippen LogP contribution in [0.1, 0.15) is 33.1 Å². The molecule has 0 aromatic carbocycles. The summed E-state index contributed by atoms with van der Waals surface area (Å²) in [5.41, 5.74) is 0. The lowest BCUT2D eigenvalue weighted by atomic mass is 10.3. The van der Waals surface area contributed by atoms with E-state index in [4.69, 9.17) is 0 Å². The van der Waals surface area contributed by atoms with E-state index < -0.39 is 10.0 Å². The van der Waals surface area contributed by atoms with Crippen LogP contribution in [-0.2, 0) is 14.8 Å². The van der Waals surface area contributed by atoms with E-state index in [1.165, 1.54) is 10.6 Å². The van der Waals surface area contributed by atoms with Gasteiger partial charge in [0.1, 0.15) is 0 Å². The molecule has 0 saturated heterocycles. The molecule has 0 aliphatic rings. The van der Waals surface area contributed by atoms with Crippen LogP contribution in [0, 0.1) is 0 Å². The van der Waals surface area contributed by atoms with Crippen molar-refractivity contribution in [1.82, 2.24) is 9.62 Å². The van der Waals surface area contributed by atoms with E-state index in [0.717, 1.165) is 12.8 Å². The van der Waals surface area contributed by atoms with Crippen molar-refractivity contribution in [2.45, 2.75) is 33.1 Å². The van der Waals surface area contributed by atoms with Crippen LogP contribution in [0.4, 0.5) is 0 Å². The van der Waals surface area contributed by atoms with Gasteiger partial charge in [-0.25, -0.2) is 12.7 Å². The fourth-order valence-corrected chi connectivity index (χ4v) is 2.27. The zero-order valence-electron chi connectivity index (χ0n) is 10.3. The van der Waals surface area contributed by atoms with Gasteiger partial charge in [0.15, 0.2) is 0 Å². The molecular weight excluding hydrogens is 228 g/mol. The maximum absolute atomic E-state index is 11.3. The molecule has 0 aromatic heterocycles. The Morgan fingerprint density at radius 2 is 1.81 bits per heavy atom. The highest BCUT2D eigenvalue weighted by atomic mass is 32.2. The van der Waals surface area contributed by atoms with Gasteiger partial charge in [-0.1, -0.05) is 13.8 Å². The number of carbonyl (C=O) groups excluding carboxylic acids is 1. The minimum Gasteiger partial charge on any atom is -0.355 e. The number of sulfonamides is 1. The molecular formula is C10H22N2O3S. The molecule has 0 bridgehead atoms. The van der Waals surface area contributed by atoms with Crippen molar-refractivity contribution in [3.63, 3.8) is 0 Å². The monoisotopic (exact) mass is 250 g/mol. The molecule has 0 unspecified atom stereocenters. The third-order valence-electron chi connectivity index (χ3n) is 2.10. The second-order valence-corrected chi connectivity index (χ2v) is 5.74. The van der Waals surface area contributed by atoms with Gasteiger partial charge in [0, 0.05) is 26.1 Å². The highest BCUT2D eigenvalue weighted by Gasteiger charge is 2.14. The van der Waals surface area contributed by atoms with Crippen LogP contribution >= 0.6 is 0 Å². The zero-order chi connectivity index (χ0) is 12.6. The molecule has 0 aliphatic heterocycles. The van der Waals surface area contributed by atoms with Crippen molar-refractivity contribution >= 4 is 15.9 Å². The van der Waals surface area contributed by atoms with Crippen LogP contribution in [-0.4, -0.2) is 44.5 Å². The molecule has 0 heterocycles. The van der Waals surface area contributed by atoms with E-state index in [1.54, 1.807) is 0 Å². The molecule has 0 radical (unpaired) electrons. The first-order chi connectivity index (χ1) is 7.41. The number of hydrogen-bond donors (Lipinski definition) is 1. The first kappa shape index (κ1) is 15.4. The van der Waals surface area contributed by atoms with Crippen molar-refractivity contribution in [1.29, 1.82) is 0 Å². The van der Waals surface area contributed by atoms with Crippen LogP contribution in [0.15, 0.2) is 0 Å². The highest BCUT2D eigenvalue weighted by molar-refractivity contribution is 7.88. The molecule has 0 saturated carbocycles. The van der Waals surface area contributed by atoms with Crippen molar-refractivity contribution in [3.8, 4) is 0 Å². The van der Waals surface area contributed by atoms with Crippen molar-refractivity contribution in [2.75, 3.05) is 25.9 Å². The molecule has 0 atom stereocenters. The van der Waals surface area contributed by atoms with Crippen molar-refractivity contribution in [3.05, 3.63) is 0 Å². The number of amides is 1. The van der Waals surface area contributed by atoms with E-state index in [0.29, 0.717) is 26.1 Å². The van der Waals surface area contributed by atoms with Crippen LogP contribution in [0.2, 0.25) is 0 Å². The Bertz CT molecular complexity index is 301. The minimum absolute atomic E-state index is 0.0209. The predicted molar refractivity (Wildman–Crippen MR) is 64.6 cm³/mol. The molecule has 0 aromatic rings. The molecule has 16 heavy (non-hydrogen) atoms. The maximum atomic E-state index is 11.3. The lowest BCUT2D eigenvalue weighted by Gasteiger charge is -2.19. The SMILES string of the molecule is CCCC(=O)NCCN(CCC)S(C)(=O)=O. The van der Waals surface area contributed by atoms with Gasteiger partial charge in [-0.2, -0.15) is 0 Å². The standard InChI is InChI=1S/C10H22N2O3S/c1-4-6-10(13)11-7-9-12(8-5-2)16(3,14)15/h4-9H2,1-3H3,(H,11,13). The van der Waals surface area contributed by atoms with E-state index in [1.807, 2.05) is 13.8 Å². The van der Waals surface area contributed by atoms with Crippen LogP contribution < -0.4 is 5.32 Å². The summed E-state index contributed by atoms with van der Waals surface area (Å²) in [5, 5.41) is 2.70. The van der Waals surface area contributed by atoms with E-state index in [2.05, 4.69) is 5.32 Å². The summed E-state index contributed by atoms with van der Waals surface area (Å²) >= 11 is 0. The van der Waals surface area contributed by atoms with Gasteiger partial charge < -0.3 is 5.32 Å².